The summed E-state index contributed by atoms with van der Waals surface area (Å²) in [5.41, 5.74) is 1.97. The topological polar surface area (TPSA) is 68.5 Å². The molecule has 0 atom stereocenters. The minimum absolute atomic E-state index is 0.0544. The number of aromatic carboxylic acids is 1. The van der Waals surface area contributed by atoms with Crippen molar-refractivity contribution in [3.8, 4) is 5.69 Å². The molecule has 1 N–H and O–H groups in total. The zero-order valence-electron chi connectivity index (χ0n) is 11.3. The molecule has 1 aromatic carbocycles. The first-order valence-electron chi connectivity index (χ1n) is 6.08. The molecule has 2 rings (SSSR count). The summed E-state index contributed by atoms with van der Waals surface area (Å²) in [6.07, 6.45) is 1.54. The highest BCUT2D eigenvalue weighted by atomic mass is 16.5. The van der Waals surface area contributed by atoms with Crippen molar-refractivity contribution in [1.29, 1.82) is 0 Å². The van der Waals surface area contributed by atoms with Crippen LogP contribution in [0.2, 0.25) is 0 Å². The molecule has 1 aromatic heterocycles. The summed E-state index contributed by atoms with van der Waals surface area (Å²) in [4.78, 5) is 22.8. The molecule has 0 aliphatic heterocycles. The number of carbonyl (C=O) groups is 2. The molecule has 0 bridgehead atoms. The summed E-state index contributed by atoms with van der Waals surface area (Å²) in [6, 6.07) is 8.71. The van der Waals surface area contributed by atoms with Gasteiger partial charge in [-0.15, -0.1) is 0 Å². The van der Waals surface area contributed by atoms with Gasteiger partial charge < -0.3 is 14.4 Å². The lowest BCUT2D eigenvalue weighted by molar-refractivity contribution is 0.0688. The van der Waals surface area contributed by atoms with Crippen LogP contribution in [-0.2, 0) is 11.3 Å². The average Bonchev–Trinajstić information content (AvgIpc) is 2.85. The van der Waals surface area contributed by atoms with Gasteiger partial charge in [0.25, 0.3) is 0 Å². The van der Waals surface area contributed by atoms with Gasteiger partial charge in [0.2, 0.25) is 0 Å². The quantitative estimate of drug-likeness (QED) is 0.850. The number of para-hydroxylation sites is 1. The van der Waals surface area contributed by atoms with Crippen molar-refractivity contribution in [3.63, 3.8) is 0 Å². The van der Waals surface area contributed by atoms with Crippen molar-refractivity contribution in [2.45, 2.75) is 13.5 Å². The molecular weight excluding hydrogens is 258 g/mol. The Morgan fingerprint density at radius 3 is 2.60 bits per heavy atom. The number of carboxylic acid groups (broad SMARTS) is 1. The number of methoxy groups -OCH3 is 1. The van der Waals surface area contributed by atoms with Crippen LogP contribution in [0.15, 0.2) is 36.5 Å². The average molecular weight is 273 g/mol. The van der Waals surface area contributed by atoms with E-state index < -0.39 is 5.97 Å². The molecule has 0 spiro atoms. The summed E-state index contributed by atoms with van der Waals surface area (Å²) in [6.45, 7) is 1.77. The second kappa shape index (κ2) is 5.71. The molecule has 2 aromatic rings. The maximum atomic E-state index is 11.4. The Morgan fingerprint density at radius 1 is 1.30 bits per heavy atom. The number of carbonyl (C=O) groups excluding carboxylic acids is 1. The summed E-state index contributed by atoms with van der Waals surface area (Å²) in [5, 5.41) is 9.28. The van der Waals surface area contributed by atoms with Gasteiger partial charge in [0.05, 0.1) is 12.3 Å². The number of aromatic nitrogens is 1. The first kappa shape index (κ1) is 14.0. The summed E-state index contributed by atoms with van der Waals surface area (Å²) in [7, 11) is 1.57. The molecule has 0 aliphatic rings. The summed E-state index contributed by atoms with van der Waals surface area (Å²) in [5.74, 6) is -1.25. The maximum absolute atomic E-state index is 11.4. The third-order valence-electron chi connectivity index (χ3n) is 3.00. The minimum atomic E-state index is -1.08. The van der Waals surface area contributed by atoms with Crippen molar-refractivity contribution in [2.75, 3.05) is 7.11 Å². The number of ether oxygens (including phenoxy) is 1. The number of benzene rings is 1. The highest BCUT2D eigenvalue weighted by molar-refractivity contribution is 5.97. The molecule has 0 amide bonds. The Kier molecular flexibility index (Phi) is 4.00. The van der Waals surface area contributed by atoms with Crippen LogP contribution in [0.5, 0.6) is 0 Å². The van der Waals surface area contributed by atoms with Crippen LogP contribution >= 0.6 is 0 Å². The van der Waals surface area contributed by atoms with Crippen LogP contribution in [0.3, 0.4) is 0 Å². The first-order chi connectivity index (χ1) is 9.54. The van der Waals surface area contributed by atoms with Gasteiger partial charge in [-0.2, -0.15) is 0 Å². The smallest absolute Gasteiger partial charge is 0.352 e. The van der Waals surface area contributed by atoms with Crippen LogP contribution in [0.1, 0.15) is 33.3 Å². The van der Waals surface area contributed by atoms with Gasteiger partial charge in [-0.25, -0.2) is 4.79 Å². The van der Waals surface area contributed by atoms with Gasteiger partial charge in [0.15, 0.2) is 5.78 Å². The Balaban J connectivity index is 2.62. The Bertz CT molecular complexity index is 658. The van der Waals surface area contributed by atoms with Crippen LogP contribution in [0.25, 0.3) is 5.69 Å². The second-order valence-corrected chi connectivity index (χ2v) is 4.41. The van der Waals surface area contributed by atoms with Crippen molar-refractivity contribution in [3.05, 3.63) is 53.3 Å². The van der Waals surface area contributed by atoms with Crippen molar-refractivity contribution in [1.82, 2.24) is 4.57 Å². The lowest BCUT2D eigenvalue weighted by atomic mass is 10.2. The lowest BCUT2D eigenvalue weighted by Gasteiger charge is -2.11. The molecular formula is C15H15NO4. The molecule has 5 heteroatoms. The number of carboxylic acids is 1. The van der Waals surface area contributed by atoms with E-state index in [-0.39, 0.29) is 11.5 Å². The van der Waals surface area contributed by atoms with Crippen LogP contribution in [0.4, 0.5) is 0 Å². The van der Waals surface area contributed by atoms with E-state index in [0.29, 0.717) is 17.9 Å². The number of Topliss-reactive ketones (excluding diaryl/α,β-unsaturated/α-hetero) is 1. The number of hydrogen-bond acceptors (Lipinski definition) is 3. The summed E-state index contributed by atoms with van der Waals surface area (Å²) >= 11 is 0. The molecule has 1 heterocycles. The zero-order valence-corrected chi connectivity index (χ0v) is 11.3. The Hall–Kier alpha value is -2.40. The Morgan fingerprint density at radius 2 is 2.00 bits per heavy atom. The van der Waals surface area contributed by atoms with Crippen LogP contribution in [0, 0.1) is 0 Å². The van der Waals surface area contributed by atoms with Gasteiger partial charge in [-0.05, 0) is 19.1 Å². The number of nitrogens with zero attached hydrogens (tertiary/aromatic N) is 1. The largest absolute Gasteiger partial charge is 0.477 e. The van der Waals surface area contributed by atoms with Crippen molar-refractivity contribution >= 4 is 11.8 Å². The molecule has 0 fully saturated rings. The van der Waals surface area contributed by atoms with E-state index in [4.69, 9.17) is 4.74 Å². The Labute approximate surface area is 116 Å². The van der Waals surface area contributed by atoms with Crippen molar-refractivity contribution in [2.24, 2.45) is 0 Å². The van der Waals surface area contributed by atoms with E-state index in [0.717, 1.165) is 5.56 Å². The monoisotopic (exact) mass is 273 g/mol. The van der Waals surface area contributed by atoms with Crippen LogP contribution < -0.4 is 0 Å². The van der Waals surface area contributed by atoms with Crippen LogP contribution in [-0.4, -0.2) is 28.5 Å². The lowest BCUT2D eigenvalue weighted by Crippen LogP contribution is -2.08. The van der Waals surface area contributed by atoms with Gasteiger partial charge in [0, 0.05) is 24.4 Å². The van der Waals surface area contributed by atoms with E-state index >= 15 is 0 Å². The predicted molar refractivity (Wildman–Crippen MR) is 73.4 cm³/mol. The number of ketones is 1. The molecule has 5 nitrogen and oxygen atoms in total. The molecule has 0 saturated carbocycles. The van der Waals surface area contributed by atoms with E-state index in [1.54, 1.807) is 19.4 Å². The number of hydrogen-bond donors (Lipinski definition) is 1. The second-order valence-electron chi connectivity index (χ2n) is 4.41. The van der Waals surface area contributed by atoms with Gasteiger partial charge >= 0.3 is 5.97 Å². The third-order valence-corrected chi connectivity index (χ3v) is 3.00. The molecule has 104 valence electrons. The third kappa shape index (κ3) is 2.62. The van der Waals surface area contributed by atoms with Gasteiger partial charge in [0.1, 0.15) is 5.69 Å². The molecule has 0 saturated heterocycles. The standard InChI is InChI=1S/C15H15NO4/c1-10(17)12-7-14(15(18)19)16(8-12)13-6-4-3-5-11(13)9-20-2/h3-8H,9H2,1-2H3,(H,18,19). The molecule has 20 heavy (non-hydrogen) atoms. The normalized spacial score (nSPS) is 10.5. The van der Waals surface area contributed by atoms with E-state index in [1.807, 2.05) is 18.2 Å². The van der Waals surface area contributed by atoms with Gasteiger partial charge in [-0.3, -0.25) is 4.79 Å². The highest BCUT2D eigenvalue weighted by Crippen LogP contribution is 2.21. The SMILES string of the molecule is COCc1ccccc1-n1cc(C(C)=O)cc1C(=O)O. The predicted octanol–water partition coefficient (Wildman–Crippen LogP) is 2.52. The first-order valence-corrected chi connectivity index (χ1v) is 6.08. The van der Waals surface area contributed by atoms with E-state index in [1.165, 1.54) is 17.6 Å². The fourth-order valence-electron chi connectivity index (χ4n) is 2.04. The van der Waals surface area contributed by atoms with E-state index in [9.17, 15) is 14.7 Å². The molecule has 0 aliphatic carbocycles. The molecule has 0 unspecified atom stereocenters. The summed E-state index contributed by atoms with van der Waals surface area (Å²) < 4.78 is 6.62. The zero-order chi connectivity index (χ0) is 14.7. The maximum Gasteiger partial charge on any atom is 0.352 e. The fraction of sp³-hybridized carbons (Fsp3) is 0.200. The van der Waals surface area contributed by atoms with E-state index in [2.05, 4.69) is 0 Å². The number of rotatable bonds is 5. The van der Waals surface area contributed by atoms with Crippen molar-refractivity contribution < 1.29 is 19.4 Å². The minimum Gasteiger partial charge on any atom is -0.477 e. The highest BCUT2D eigenvalue weighted by Gasteiger charge is 2.17. The fourth-order valence-corrected chi connectivity index (χ4v) is 2.04. The molecule has 0 radical (unpaired) electrons. The van der Waals surface area contributed by atoms with Gasteiger partial charge in [-0.1, -0.05) is 18.2 Å².